The molecule has 0 saturated heterocycles. The number of hydrogen-bond donors (Lipinski definition) is 2. The van der Waals surface area contributed by atoms with Crippen molar-refractivity contribution in [3.05, 3.63) is 47.1 Å². The molecule has 1 unspecified atom stereocenters. The fraction of sp³-hybridized carbons (Fsp3) is 0.312. The maximum atomic E-state index is 13.9. The van der Waals surface area contributed by atoms with Gasteiger partial charge in [0.2, 0.25) is 0 Å². The average molecular weight is 307 g/mol. The van der Waals surface area contributed by atoms with Crippen molar-refractivity contribution >= 4 is 17.3 Å². The second kappa shape index (κ2) is 7.33. The normalized spacial score (nSPS) is 12.3. The van der Waals surface area contributed by atoms with Crippen molar-refractivity contribution < 1.29 is 14.3 Å². The number of hydrogen-bond acceptors (Lipinski definition) is 3. The standard InChI is InChI=1S/C16H18FNO2S/c1-2-4-14(16(19)20)18-10-11-6-7-13(17)12(9-11)15-5-3-8-21-15/h3,5-9,14,18H,2,4,10H2,1H3,(H,19,20). The molecular formula is C16H18FNO2S. The van der Waals surface area contributed by atoms with E-state index < -0.39 is 12.0 Å². The summed E-state index contributed by atoms with van der Waals surface area (Å²) in [6, 6.07) is 8.08. The number of carbonyl (C=O) groups is 1. The van der Waals surface area contributed by atoms with Gasteiger partial charge < -0.3 is 10.4 Å². The van der Waals surface area contributed by atoms with Gasteiger partial charge in [0.1, 0.15) is 11.9 Å². The lowest BCUT2D eigenvalue weighted by Crippen LogP contribution is -2.36. The highest BCUT2D eigenvalue weighted by molar-refractivity contribution is 7.13. The first kappa shape index (κ1) is 15.7. The molecule has 2 N–H and O–H groups in total. The van der Waals surface area contributed by atoms with Crippen LogP contribution in [0, 0.1) is 5.82 Å². The molecule has 2 aromatic rings. The predicted molar refractivity (Wildman–Crippen MR) is 82.9 cm³/mol. The van der Waals surface area contributed by atoms with E-state index in [2.05, 4.69) is 5.32 Å². The van der Waals surface area contributed by atoms with Crippen molar-refractivity contribution in [2.24, 2.45) is 0 Å². The van der Waals surface area contributed by atoms with Gasteiger partial charge in [-0.15, -0.1) is 11.3 Å². The fourth-order valence-corrected chi connectivity index (χ4v) is 2.89. The molecule has 1 atom stereocenters. The lowest BCUT2D eigenvalue weighted by Gasteiger charge is -2.14. The first-order chi connectivity index (χ1) is 10.1. The highest BCUT2D eigenvalue weighted by Gasteiger charge is 2.15. The van der Waals surface area contributed by atoms with Gasteiger partial charge in [-0.1, -0.05) is 25.5 Å². The van der Waals surface area contributed by atoms with Crippen LogP contribution in [-0.4, -0.2) is 17.1 Å². The van der Waals surface area contributed by atoms with Crippen LogP contribution in [0.3, 0.4) is 0 Å². The van der Waals surface area contributed by atoms with E-state index in [0.717, 1.165) is 16.9 Å². The summed E-state index contributed by atoms with van der Waals surface area (Å²) in [6.45, 7) is 2.36. The molecule has 112 valence electrons. The summed E-state index contributed by atoms with van der Waals surface area (Å²) in [5, 5.41) is 14.0. The molecule has 5 heteroatoms. The molecule has 0 spiro atoms. The Balaban J connectivity index is 2.11. The summed E-state index contributed by atoms with van der Waals surface area (Å²) in [5.41, 5.74) is 1.44. The first-order valence-electron chi connectivity index (χ1n) is 6.90. The number of nitrogens with one attached hydrogen (secondary N) is 1. The lowest BCUT2D eigenvalue weighted by molar-refractivity contribution is -0.139. The van der Waals surface area contributed by atoms with E-state index in [-0.39, 0.29) is 5.82 Å². The molecule has 0 bridgehead atoms. The summed E-state index contributed by atoms with van der Waals surface area (Å²) in [7, 11) is 0. The summed E-state index contributed by atoms with van der Waals surface area (Å²) in [4.78, 5) is 12.0. The quantitative estimate of drug-likeness (QED) is 0.815. The third kappa shape index (κ3) is 4.12. The van der Waals surface area contributed by atoms with Gasteiger partial charge in [-0.05, 0) is 35.6 Å². The number of carboxylic acid groups (broad SMARTS) is 1. The number of rotatable bonds is 7. The van der Waals surface area contributed by atoms with Crippen LogP contribution in [0.15, 0.2) is 35.7 Å². The minimum atomic E-state index is -0.850. The van der Waals surface area contributed by atoms with Crippen molar-refractivity contribution in [2.75, 3.05) is 0 Å². The Morgan fingerprint density at radius 3 is 2.86 bits per heavy atom. The number of benzene rings is 1. The maximum absolute atomic E-state index is 13.9. The number of carboxylic acids is 1. The van der Waals surface area contributed by atoms with E-state index in [1.807, 2.05) is 24.4 Å². The van der Waals surface area contributed by atoms with Gasteiger partial charge >= 0.3 is 5.97 Å². The van der Waals surface area contributed by atoms with E-state index in [0.29, 0.717) is 18.5 Å². The molecule has 0 radical (unpaired) electrons. The predicted octanol–water partition coefficient (Wildman–Crippen LogP) is 3.90. The summed E-state index contributed by atoms with van der Waals surface area (Å²) < 4.78 is 13.9. The van der Waals surface area contributed by atoms with Crippen molar-refractivity contribution in [1.82, 2.24) is 5.32 Å². The minimum Gasteiger partial charge on any atom is -0.480 e. The monoisotopic (exact) mass is 307 g/mol. The van der Waals surface area contributed by atoms with E-state index in [9.17, 15) is 9.18 Å². The van der Waals surface area contributed by atoms with Crippen LogP contribution >= 0.6 is 11.3 Å². The van der Waals surface area contributed by atoms with E-state index in [1.54, 1.807) is 12.1 Å². The molecule has 3 nitrogen and oxygen atoms in total. The second-order valence-electron chi connectivity index (χ2n) is 4.85. The average Bonchev–Trinajstić information content (AvgIpc) is 2.98. The van der Waals surface area contributed by atoms with E-state index in [1.165, 1.54) is 17.4 Å². The van der Waals surface area contributed by atoms with Gasteiger partial charge in [-0.2, -0.15) is 0 Å². The van der Waals surface area contributed by atoms with Crippen LogP contribution in [0.25, 0.3) is 10.4 Å². The summed E-state index contributed by atoms with van der Waals surface area (Å²) in [5.74, 6) is -1.11. The summed E-state index contributed by atoms with van der Waals surface area (Å²) in [6.07, 6.45) is 1.38. The molecule has 0 aliphatic rings. The molecule has 1 aromatic carbocycles. The van der Waals surface area contributed by atoms with Gasteiger partial charge in [-0.25, -0.2) is 4.39 Å². The van der Waals surface area contributed by atoms with Gasteiger partial charge in [0.25, 0.3) is 0 Å². The Morgan fingerprint density at radius 2 is 2.24 bits per heavy atom. The third-order valence-electron chi connectivity index (χ3n) is 3.25. The van der Waals surface area contributed by atoms with Crippen LogP contribution < -0.4 is 5.32 Å². The van der Waals surface area contributed by atoms with Gasteiger partial charge in [0.15, 0.2) is 0 Å². The van der Waals surface area contributed by atoms with Crippen LogP contribution in [0.4, 0.5) is 4.39 Å². The molecule has 21 heavy (non-hydrogen) atoms. The van der Waals surface area contributed by atoms with Gasteiger partial charge in [0, 0.05) is 17.0 Å². The zero-order valence-electron chi connectivity index (χ0n) is 11.8. The zero-order valence-corrected chi connectivity index (χ0v) is 12.6. The molecule has 0 aliphatic heterocycles. The summed E-state index contributed by atoms with van der Waals surface area (Å²) >= 11 is 1.48. The Morgan fingerprint density at radius 1 is 1.43 bits per heavy atom. The molecule has 0 amide bonds. The van der Waals surface area contributed by atoms with Crippen LogP contribution in [-0.2, 0) is 11.3 Å². The van der Waals surface area contributed by atoms with Crippen molar-refractivity contribution in [3.8, 4) is 10.4 Å². The minimum absolute atomic E-state index is 0.260. The molecule has 0 aliphatic carbocycles. The van der Waals surface area contributed by atoms with Gasteiger partial charge in [-0.3, -0.25) is 4.79 Å². The van der Waals surface area contributed by atoms with E-state index in [4.69, 9.17) is 5.11 Å². The van der Waals surface area contributed by atoms with Crippen LogP contribution in [0.5, 0.6) is 0 Å². The van der Waals surface area contributed by atoms with Crippen LogP contribution in [0.2, 0.25) is 0 Å². The van der Waals surface area contributed by atoms with Crippen molar-refractivity contribution in [1.29, 1.82) is 0 Å². The SMILES string of the molecule is CCCC(NCc1ccc(F)c(-c2cccs2)c1)C(=O)O. The molecule has 1 heterocycles. The molecule has 0 saturated carbocycles. The first-order valence-corrected chi connectivity index (χ1v) is 7.78. The maximum Gasteiger partial charge on any atom is 0.320 e. The Labute approximate surface area is 127 Å². The molecule has 2 rings (SSSR count). The van der Waals surface area contributed by atoms with Crippen LogP contribution in [0.1, 0.15) is 25.3 Å². The van der Waals surface area contributed by atoms with Crippen molar-refractivity contribution in [2.45, 2.75) is 32.4 Å². The Hall–Kier alpha value is -1.72. The third-order valence-corrected chi connectivity index (χ3v) is 4.15. The second-order valence-corrected chi connectivity index (χ2v) is 5.80. The largest absolute Gasteiger partial charge is 0.480 e. The molecule has 1 aromatic heterocycles. The lowest BCUT2D eigenvalue weighted by atomic mass is 10.1. The topological polar surface area (TPSA) is 49.3 Å². The zero-order chi connectivity index (χ0) is 15.2. The Bertz CT molecular complexity index is 598. The Kier molecular flexibility index (Phi) is 5.47. The number of aliphatic carboxylic acids is 1. The number of halogens is 1. The highest BCUT2D eigenvalue weighted by Crippen LogP contribution is 2.28. The fourth-order valence-electron chi connectivity index (χ4n) is 2.15. The number of thiophene rings is 1. The molecule has 0 fully saturated rings. The van der Waals surface area contributed by atoms with E-state index >= 15 is 0 Å². The van der Waals surface area contributed by atoms with Gasteiger partial charge in [0.05, 0.1) is 0 Å². The highest BCUT2D eigenvalue weighted by atomic mass is 32.1. The smallest absolute Gasteiger partial charge is 0.320 e. The molecular weight excluding hydrogens is 289 g/mol. The van der Waals surface area contributed by atoms with Crippen molar-refractivity contribution in [3.63, 3.8) is 0 Å².